The van der Waals surface area contributed by atoms with Gasteiger partial charge in [-0.15, -0.1) is 0 Å². The van der Waals surface area contributed by atoms with E-state index >= 15 is 0 Å². The molecule has 8 heavy (non-hydrogen) atoms. The van der Waals surface area contributed by atoms with E-state index in [1.807, 2.05) is 24.5 Å². The molecule has 0 aliphatic heterocycles. The molecule has 1 heterocycles. The molecule has 0 saturated heterocycles. The molecule has 0 atom stereocenters. The monoisotopic (exact) mass is 151 g/mol. The molecule has 0 aliphatic carbocycles. The van der Waals surface area contributed by atoms with Crippen LogP contribution >= 0.6 is 12.2 Å². The van der Waals surface area contributed by atoms with E-state index in [1.54, 1.807) is 0 Å². The predicted octanol–water partition coefficient (Wildman–Crippen LogP) is -1.14. The van der Waals surface area contributed by atoms with E-state index in [0.717, 1.165) is 4.51 Å². The fourth-order valence-electron chi connectivity index (χ4n) is 0.372. The summed E-state index contributed by atoms with van der Waals surface area (Å²) in [5, 5.41) is 0. The van der Waals surface area contributed by atoms with E-state index in [4.69, 9.17) is 12.2 Å². The van der Waals surface area contributed by atoms with Crippen molar-refractivity contribution in [3.63, 3.8) is 0 Å². The van der Waals surface area contributed by atoms with Gasteiger partial charge in [-0.05, 0) is 12.1 Å². The zero-order chi connectivity index (χ0) is 5.11. The van der Waals surface area contributed by atoms with Crippen LogP contribution in [0.3, 0.4) is 0 Å². The average Bonchev–Trinajstić information content (AvgIpc) is 1.69. The number of aromatic amines is 1. The van der Waals surface area contributed by atoms with Gasteiger partial charge in [0.25, 0.3) is 0 Å². The van der Waals surface area contributed by atoms with Crippen molar-refractivity contribution in [2.75, 3.05) is 0 Å². The van der Waals surface area contributed by atoms with Crippen LogP contribution in [0.5, 0.6) is 0 Å². The molecule has 0 saturated carbocycles. The normalized spacial score (nSPS) is 7.50. The van der Waals surface area contributed by atoms with Crippen molar-refractivity contribution >= 4 is 12.2 Å². The maximum atomic E-state index is 4.79. The third-order valence-electron chi connectivity index (χ3n) is 0.688. The molecule has 38 valence electrons. The molecule has 1 nitrogen and oxygen atoms in total. The van der Waals surface area contributed by atoms with Crippen LogP contribution in [0.1, 0.15) is 1.43 Å². The van der Waals surface area contributed by atoms with Crippen molar-refractivity contribution in [1.82, 2.24) is 4.98 Å². The van der Waals surface area contributed by atoms with Gasteiger partial charge < -0.3 is 6.41 Å². The third-order valence-corrected chi connectivity index (χ3v) is 0.960. The van der Waals surface area contributed by atoms with Gasteiger partial charge in [-0.3, -0.25) is 0 Å². The number of hydrogen-bond acceptors (Lipinski definition) is 1. The van der Waals surface area contributed by atoms with E-state index in [9.17, 15) is 0 Å². The predicted molar refractivity (Wildman–Crippen MR) is 32.7 cm³/mol. The van der Waals surface area contributed by atoms with Crippen LogP contribution in [-0.4, -0.2) is 4.98 Å². The zero-order valence-corrected chi connectivity index (χ0v) is 8.66. The molecule has 0 aromatic carbocycles. The Morgan fingerprint density at radius 2 is 1.88 bits per heavy atom. The number of rotatable bonds is 0. The maximum Gasteiger partial charge on any atom is 1.00 e. The molecule has 0 aliphatic rings. The minimum absolute atomic E-state index is 0. The summed E-state index contributed by atoms with van der Waals surface area (Å²) in [6, 6.07) is 3.69. The van der Waals surface area contributed by atoms with Crippen molar-refractivity contribution in [2.24, 2.45) is 0 Å². The quantitative estimate of drug-likeness (QED) is 0.366. The van der Waals surface area contributed by atoms with Gasteiger partial charge in [0.15, 0.2) is 0 Å². The Morgan fingerprint density at radius 3 is 2.12 bits per heavy atom. The molecule has 1 N–H and O–H groups in total. The van der Waals surface area contributed by atoms with Crippen LogP contribution in [0.2, 0.25) is 0 Å². The summed E-state index contributed by atoms with van der Waals surface area (Å²) in [5.74, 6) is 0. The Hall–Kier alpha value is 1.01. The van der Waals surface area contributed by atoms with Gasteiger partial charge in [-0.1, -0.05) is 12.2 Å². The maximum absolute atomic E-state index is 4.79. The standard InChI is InChI=1S/C5H5NS.K.H/c7-5-1-3-6-4-2-5;;/h1-4H,(H,6,7);;/q;+1;-1. The van der Waals surface area contributed by atoms with Crippen LogP contribution < -0.4 is 51.4 Å². The Bertz CT molecular complexity index is 183. The van der Waals surface area contributed by atoms with E-state index in [2.05, 4.69) is 4.98 Å². The fraction of sp³-hybridized carbons (Fsp3) is 0. The van der Waals surface area contributed by atoms with E-state index in [0.29, 0.717) is 0 Å². The molecule has 1 rings (SSSR count). The number of hydrogen-bond donors (Lipinski definition) is 1. The second-order valence-corrected chi connectivity index (χ2v) is 1.71. The molecule has 0 fully saturated rings. The molecule has 0 spiro atoms. The first-order chi connectivity index (χ1) is 3.39. The van der Waals surface area contributed by atoms with Crippen molar-refractivity contribution < 1.29 is 52.8 Å². The first-order valence-corrected chi connectivity index (χ1v) is 2.43. The molecular formula is C5H6KNS. The molecule has 3 heteroatoms. The summed E-state index contributed by atoms with van der Waals surface area (Å²) in [5.41, 5.74) is 0. The summed E-state index contributed by atoms with van der Waals surface area (Å²) in [6.45, 7) is 0. The first kappa shape index (κ1) is 9.01. The first-order valence-electron chi connectivity index (χ1n) is 2.03. The number of aromatic nitrogens is 1. The van der Waals surface area contributed by atoms with Crippen LogP contribution in [-0.2, 0) is 0 Å². The van der Waals surface area contributed by atoms with Crippen LogP contribution in [0.15, 0.2) is 24.5 Å². The van der Waals surface area contributed by atoms with Crippen LogP contribution in [0.25, 0.3) is 0 Å². The molecular weight excluding hydrogens is 145 g/mol. The van der Waals surface area contributed by atoms with Crippen molar-refractivity contribution in [3.05, 3.63) is 29.0 Å². The molecule has 1 aromatic heterocycles. The van der Waals surface area contributed by atoms with Gasteiger partial charge in [-0.2, -0.15) is 0 Å². The van der Waals surface area contributed by atoms with Gasteiger partial charge in [0.05, 0.1) is 0 Å². The Morgan fingerprint density at radius 1 is 1.38 bits per heavy atom. The summed E-state index contributed by atoms with van der Waals surface area (Å²) >= 11 is 4.79. The molecule has 0 bridgehead atoms. The topological polar surface area (TPSA) is 15.8 Å². The fourth-order valence-corrected chi connectivity index (χ4v) is 0.508. The number of pyridine rings is 1. The average molecular weight is 151 g/mol. The minimum atomic E-state index is 0. The van der Waals surface area contributed by atoms with E-state index in [-0.39, 0.29) is 52.8 Å². The van der Waals surface area contributed by atoms with Gasteiger partial charge in [-0.25, -0.2) is 0 Å². The SMILES string of the molecule is S=c1cc[nH]cc1.[H-].[K+]. The van der Waals surface area contributed by atoms with Crippen molar-refractivity contribution in [2.45, 2.75) is 0 Å². The van der Waals surface area contributed by atoms with E-state index < -0.39 is 0 Å². The molecule has 0 amide bonds. The smallest absolute Gasteiger partial charge is 1.00 e. The van der Waals surface area contributed by atoms with E-state index in [1.165, 1.54) is 0 Å². The number of nitrogens with one attached hydrogen (secondary N) is 1. The summed E-state index contributed by atoms with van der Waals surface area (Å²) in [4.78, 5) is 2.87. The summed E-state index contributed by atoms with van der Waals surface area (Å²) in [7, 11) is 0. The Kier molecular flexibility index (Phi) is 5.45. The van der Waals surface area contributed by atoms with Crippen LogP contribution in [0, 0.1) is 4.51 Å². The third kappa shape index (κ3) is 3.12. The van der Waals surface area contributed by atoms with Gasteiger partial charge in [0.2, 0.25) is 0 Å². The zero-order valence-electron chi connectivity index (χ0n) is 5.72. The Labute approximate surface area is 97.4 Å². The number of H-pyrrole nitrogens is 1. The second-order valence-electron chi connectivity index (χ2n) is 1.24. The molecule has 0 radical (unpaired) electrons. The van der Waals surface area contributed by atoms with Gasteiger partial charge in [0.1, 0.15) is 0 Å². The molecule has 0 unspecified atom stereocenters. The van der Waals surface area contributed by atoms with Crippen LogP contribution in [0.4, 0.5) is 0 Å². The summed E-state index contributed by atoms with van der Waals surface area (Å²) in [6.07, 6.45) is 3.62. The van der Waals surface area contributed by atoms with Crippen molar-refractivity contribution in [3.8, 4) is 0 Å². The van der Waals surface area contributed by atoms with Gasteiger partial charge >= 0.3 is 51.4 Å². The Balaban J connectivity index is 0. The second kappa shape index (κ2) is 4.85. The molecule has 1 aromatic rings. The largest absolute Gasteiger partial charge is 1.00 e. The minimum Gasteiger partial charge on any atom is -1.00 e. The van der Waals surface area contributed by atoms with Crippen molar-refractivity contribution in [1.29, 1.82) is 0 Å². The van der Waals surface area contributed by atoms with Gasteiger partial charge in [0, 0.05) is 16.9 Å². The summed E-state index contributed by atoms with van der Waals surface area (Å²) < 4.78 is 0.874.